The third-order valence-corrected chi connectivity index (χ3v) is 4.50. The lowest BCUT2D eigenvalue weighted by molar-refractivity contribution is -0.146. The van der Waals surface area contributed by atoms with Gasteiger partial charge in [-0.05, 0) is 6.42 Å². The van der Waals surface area contributed by atoms with Gasteiger partial charge >= 0.3 is 0 Å². The maximum absolute atomic E-state index is 11.6. The van der Waals surface area contributed by atoms with Gasteiger partial charge in [0.2, 0.25) is 11.6 Å². The van der Waals surface area contributed by atoms with Gasteiger partial charge in [-0.3, -0.25) is 9.59 Å². The number of aliphatic hydroxyl groups excluding tert-OH is 3. The molecule has 0 heterocycles. The van der Waals surface area contributed by atoms with Crippen LogP contribution < -0.4 is 0 Å². The molecule has 0 radical (unpaired) electrons. The van der Waals surface area contributed by atoms with Crippen LogP contribution in [0.4, 0.5) is 0 Å². The Kier molecular flexibility index (Phi) is 14.8. The van der Waals surface area contributed by atoms with Gasteiger partial charge in [0.25, 0.3) is 0 Å². The van der Waals surface area contributed by atoms with Crippen LogP contribution in [0.2, 0.25) is 0 Å². The van der Waals surface area contributed by atoms with Crippen molar-refractivity contribution in [3.63, 3.8) is 0 Å². The molecule has 0 spiro atoms. The van der Waals surface area contributed by atoms with Crippen LogP contribution in [-0.2, 0) is 9.59 Å². The van der Waals surface area contributed by atoms with Crippen LogP contribution in [0.5, 0.6) is 0 Å². The van der Waals surface area contributed by atoms with Crippen LogP contribution in [0.15, 0.2) is 0 Å². The maximum atomic E-state index is 11.6. The number of hydrogen-bond acceptors (Lipinski definition) is 5. The summed E-state index contributed by atoms with van der Waals surface area (Å²) in [5.74, 6) is -1.68. The van der Waals surface area contributed by atoms with Crippen molar-refractivity contribution in [2.45, 2.75) is 109 Å². The largest absolute Gasteiger partial charge is 0.394 e. The van der Waals surface area contributed by atoms with Crippen molar-refractivity contribution in [2.24, 2.45) is 0 Å². The van der Waals surface area contributed by atoms with Gasteiger partial charge in [0.15, 0.2) is 0 Å². The molecule has 0 aromatic carbocycles. The van der Waals surface area contributed by atoms with Crippen LogP contribution in [0, 0.1) is 0 Å². The van der Waals surface area contributed by atoms with Gasteiger partial charge in [-0.1, -0.05) is 83.9 Å². The lowest BCUT2D eigenvalue weighted by Crippen LogP contribution is -2.40. The topological polar surface area (TPSA) is 94.8 Å². The molecule has 0 aromatic rings. The van der Waals surface area contributed by atoms with Crippen LogP contribution in [0.1, 0.15) is 98.2 Å². The maximum Gasteiger partial charge on any atom is 0.229 e. The average molecular weight is 360 g/mol. The van der Waals surface area contributed by atoms with Crippen LogP contribution in [-0.4, -0.2) is 45.7 Å². The molecular formula is C20H38O5. The van der Waals surface area contributed by atoms with Crippen LogP contribution in [0.25, 0.3) is 0 Å². The first-order valence-corrected chi connectivity index (χ1v) is 9.87. The second-order valence-corrected chi connectivity index (χ2v) is 6.83. The molecule has 148 valence electrons. The smallest absolute Gasteiger partial charge is 0.229 e. The van der Waals surface area contributed by atoms with Crippen LogP contribution in [0.3, 0.4) is 0 Å². The fraction of sp³-hybridized carbons (Fsp3) is 0.900. The Morgan fingerprint density at radius 1 is 0.800 bits per heavy atom. The zero-order valence-electron chi connectivity index (χ0n) is 16.6. The number of carbonyl (C=O) groups is 2. The molecular weight excluding hydrogens is 320 g/mol. The van der Waals surface area contributed by atoms with E-state index < -0.39 is 30.4 Å². The molecule has 0 aliphatic carbocycles. The minimum Gasteiger partial charge on any atom is -0.394 e. The normalized spacial score (nSPS) is 14.1. The van der Waals surface area contributed by atoms with Crippen LogP contribution >= 0.6 is 0 Å². The van der Waals surface area contributed by atoms with E-state index in [9.17, 15) is 14.7 Å². The lowest BCUT2D eigenvalue weighted by atomic mass is 10.0. The highest BCUT2D eigenvalue weighted by molar-refractivity contribution is 6.38. The van der Waals surface area contributed by atoms with E-state index in [1.807, 2.05) is 0 Å². The van der Waals surface area contributed by atoms with E-state index >= 15 is 0 Å². The molecule has 0 aromatic heterocycles. The third kappa shape index (κ3) is 13.1. The average Bonchev–Trinajstić information content (AvgIpc) is 2.66. The van der Waals surface area contributed by atoms with Crippen molar-refractivity contribution in [2.75, 3.05) is 6.61 Å². The number of unbranched alkanes of at least 4 members (excludes halogenated alkanes) is 12. The fourth-order valence-electron chi connectivity index (χ4n) is 2.79. The minimum atomic E-state index is -1.81. The van der Waals surface area contributed by atoms with Gasteiger partial charge in [0.05, 0.1) is 6.61 Å². The summed E-state index contributed by atoms with van der Waals surface area (Å²) in [6, 6.07) is 0. The van der Waals surface area contributed by atoms with Crippen molar-refractivity contribution in [3.05, 3.63) is 0 Å². The first-order valence-electron chi connectivity index (χ1n) is 10.6. The minimum absolute atomic E-state index is 0.0915. The van der Waals surface area contributed by atoms with E-state index in [0.29, 0.717) is 13.3 Å². The molecule has 0 aliphatic heterocycles. The number of carbonyl (C=O) groups excluding carboxylic acids is 2. The number of rotatable bonds is 18. The van der Waals surface area contributed by atoms with Gasteiger partial charge in [-0.25, -0.2) is 0 Å². The van der Waals surface area contributed by atoms with Crippen molar-refractivity contribution >= 4 is 11.6 Å². The third-order valence-electron chi connectivity index (χ3n) is 4.50. The predicted molar refractivity (Wildman–Crippen MR) is 99.4 cm³/mol. The van der Waals surface area contributed by atoms with Crippen molar-refractivity contribution in [1.82, 2.24) is 0 Å². The molecule has 0 bridgehead atoms. The first kappa shape index (κ1) is 22.3. The second kappa shape index (κ2) is 16.7. The molecule has 5 nitrogen and oxygen atoms in total. The highest BCUT2D eigenvalue weighted by Crippen LogP contribution is 2.13. The summed E-state index contributed by atoms with van der Waals surface area (Å²) >= 11 is 0. The summed E-state index contributed by atoms with van der Waals surface area (Å²) in [5, 5.41) is 27.2. The fourth-order valence-corrected chi connectivity index (χ4v) is 2.79. The van der Waals surface area contributed by atoms with Crippen molar-refractivity contribution in [1.29, 1.82) is 0 Å². The highest BCUT2D eigenvalue weighted by atomic mass is 16.4. The number of aliphatic hydroxyl groups is 3. The van der Waals surface area contributed by atoms with E-state index in [-0.39, 0.29) is 6.42 Å². The van der Waals surface area contributed by atoms with E-state index in [4.69, 9.17) is 11.6 Å². The molecule has 0 fully saturated rings. The van der Waals surface area contributed by atoms with E-state index in [1.165, 1.54) is 51.4 Å². The molecule has 3 N–H and O–H groups in total. The standard InChI is InChI=1S/C20H38O5/c1-2-3-4-5-6-7-8-9-10-11-12-13-14-15-17(22)19(24)20(25)18(23)16-21/h18,20-21,23,25H,2-16H2,1H3/t18-,20-/m1/s1/i1D. The zero-order chi connectivity index (χ0) is 19.6. The Bertz CT molecular complexity index is 362. The summed E-state index contributed by atoms with van der Waals surface area (Å²) in [4.78, 5) is 23.1. The Balaban J connectivity index is 3.40. The van der Waals surface area contributed by atoms with E-state index in [0.717, 1.165) is 25.7 Å². The number of ketones is 2. The summed E-state index contributed by atoms with van der Waals surface area (Å²) < 4.78 is 7.08. The van der Waals surface area contributed by atoms with Gasteiger partial charge in [0, 0.05) is 7.79 Å². The number of Topliss-reactive ketones (excluding diaryl/α,β-unsaturated/α-hetero) is 2. The van der Waals surface area contributed by atoms with Crippen molar-refractivity contribution in [3.8, 4) is 0 Å². The predicted octanol–water partition coefficient (Wildman–Crippen LogP) is 3.32. The summed E-state index contributed by atoms with van der Waals surface area (Å²) in [6.45, 7) is -0.189. The van der Waals surface area contributed by atoms with E-state index in [2.05, 4.69) is 0 Å². The molecule has 2 atom stereocenters. The monoisotopic (exact) mass is 359 g/mol. The molecule has 25 heavy (non-hydrogen) atoms. The zero-order valence-corrected chi connectivity index (χ0v) is 15.6. The van der Waals surface area contributed by atoms with Gasteiger partial charge in [-0.15, -0.1) is 0 Å². The quantitative estimate of drug-likeness (QED) is 0.258. The lowest BCUT2D eigenvalue weighted by Gasteiger charge is -2.13. The van der Waals surface area contributed by atoms with Crippen molar-refractivity contribution < 1.29 is 26.3 Å². The molecule has 0 rings (SSSR count). The molecule has 0 saturated carbocycles. The highest BCUT2D eigenvalue weighted by Gasteiger charge is 2.28. The Morgan fingerprint density at radius 2 is 1.24 bits per heavy atom. The summed E-state index contributed by atoms with van der Waals surface area (Å²) in [5.41, 5.74) is 0. The molecule has 5 heteroatoms. The second-order valence-electron chi connectivity index (χ2n) is 6.83. The van der Waals surface area contributed by atoms with Gasteiger partial charge < -0.3 is 15.3 Å². The molecule has 0 amide bonds. The van der Waals surface area contributed by atoms with E-state index in [1.54, 1.807) is 0 Å². The first-order chi connectivity index (χ1) is 12.5. The SMILES string of the molecule is [2H]CCCCCCCCCCCCCCCC(=O)C(=O)[C@H](O)[C@H](O)CO. The summed E-state index contributed by atoms with van der Waals surface area (Å²) in [6.07, 6.45) is 11.4. The Hall–Kier alpha value is -0.780. The van der Waals surface area contributed by atoms with Gasteiger partial charge in [0.1, 0.15) is 12.2 Å². The molecule has 0 aliphatic rings. The van der Waals surface area contributed by atoms with Gasteiger partial charge in [-0.2, -0.15) is 0 Å². The summed E-state index contributed by atoms with van der Waals surface area (Å²) in [7, 11) is 0. The molecule has 0 saturated heterocycles. The Morgan fingerprint density at radius 3 is 1.68 bits per heavy atom. The Labute approximate surface area is 154 Å². The number of hydrogen-bond donors (Lipinski definition) is 3. The molecule has 0 unspecified atom stereocenters.